The second kappa shape index (κ2) is 15.7. The van der Waals surface area contributed by atoms with Crippen LogP contribution >= 0.6 is 0 Å². The van der Waals surface area contributed by atoms with Gasteiger partial charge >= 0.3 is 12.1 Å². The maximum atomic E-state index is 14.2. The van der Waals surface area contributed by atoms with Crippen LogP contribution in [-0.2, 0) is 30.3 Å². The molecule has 0 aliphatic rings. The lowest BCUT2D eigenvalue weighted by atomic mass is 9.96. The fourth-order valence-electron chi connectivity index (χ4n) is 4.28. The van der Waals surface area contributed by atoms with Gasteiger partial charge in [-0.15, -0.1) is 13.0 Å². The molecule has 2 rings (SSSR count). The smallest absolute Gasteiger partial charge is 0.408 e. The molecule has 44 heavy (non-hydrogen) atoms. The molecule has 0 spiro atoms. The van der Waals surface area contributed by atoms with E-state index in [2.05, 4.69) is 23.1 Å². The predicted molar refractivity (Wildman–Crippen MR) is 167 cm³/mol. The standard InChI is InChI=1S/C34H43N3O7/c1-9-20-37(30(40)27(22-38)36-32(42)44-34(6,7)8)28(25-19-15-14-18-24(25)10-2)29(39)35-26(31(41)43-33(3,4)5)21-23-16-12-11-13-17-23/h2,9,11-19,26-28,38H,1,20-22H2,3-8H3,(H,35,39)(H,36,42). The molecule has 3 amide bonds. The van der Waals surface area contributed by atoms with Crippen molar-refractivity contribution < 1.29 is 33.8 Å². The molecule has 0 saturated heterocycles. The molecule has 0 aromatic heterocycles. The van der Waals surface area contributed by atoms with E-state index in [0.717, 1.165) is 10.5 Å². The largest absolute Gasteiger partial charge is 0.458 e. The number of ether oxygens (including phenoxy) is 2. The molecule has 10 heteroatoms. The van der Waals surface area contributed by atoms with Crippen LogP contribution in [0.4, 0.5) is 4.79 Å². The lowest BCUT2D eigenvalue weighted by Gasteiger charge is -2.34. The Morgan fingerprint density at radius 2 is 1.52 bits per heavy atom. The van der Waals surface area contributed by atoms with E-state index in [1.807, 2.05) is 30.3 Å². The van der Waals surface area contributed by atoms with Crippen molar-refractivity contribution in [3.63, 3.8) is 0 Å². The lowest BCUT2D eigenvalue weighted by Crippen LogP contribution is -2.56. The van der Waals surface area contributed by atoms with E-state index in [4.69, 9.17) is 15.9 Å². The van der Waals surface area contributed by atoms with E-state index in [9.17, 15) is 24.3 Å². The van der Waals surface area contributed by atoms with Crippen LogP contribution in [0.3, 0.4) is 0 Å². The highest BCUT2D eigenvalue weighted by Crippen LogP contribution is 2.26. The number of aliphatic hydroxyl groups is 1. The highest BCUT2D eigenvalue weighted by Gasteiger charge is 2.38. The minimum absolute atomic E-state index is 0.111. The summed E-state index contributed by atoms with van der Waals surface area (Å²) < 4.78 is 10.9. The van der Waals surface area contributed by atoms with Crippen molar-refractivity contribution in [1.29, 1.82) is 0 Å². The predicted octanol–water partition coefficient (Wildman–Crippen LogP) is 3.68. The second-order valence-electron chi connectivity index (χ2n) is 12.1. The SMILES string of the molecule is C#Cc1ccccc1C(C(=O)NC(Cc1ccccc1)C(=O)OC(C)(C)C)N(CC=C)C(=O)C(CO)NC(=O)OC(C)(C)C. The molecule has 3 atom stereocenters. The molecule has 236 valence electrons. The first-order valence-electron chi connectivity index (χ1n) is 14.2. The van der Waals surface area contributed by atoms with Crippen LogP contribution in [0, 0.1) is 12.3 Å². The molecule has 0 fully saturated rings. The summed E-state index contributed by atoms with van der Waals surface area (Å²) in [5.41, 5.74) is -0.312. The number of terminal acetylenes is 1. The summed E-state index contributed by atoms with van der Waals surface area (Å²) in [6, 6.07) is 11.7. The van der Waals surface area contributed by atoms with Crippen LogP contribution in [0.15, 0.2) is 67.3 Å². The van der Waals surface area contributed by atoms with Gasteiger partial charge in [-0.2, -0.15) is 0 Å². The van der Waals surface area contributed by atoms with Crippen molar-refractivity contribution in [2.24, 2.45) is 0 Å². The third kappa shape index (κ3) is 10.9. The highest BCUT2D eigenvalue weighted by atomic mass is 16.6. The Hall–Kier alpha value is -4.62. The van der Waals surface area contributed by atoms with Crippen LogP contribution in [0.1, 0.15) is 64.3 Å². The first-order chi connectivity index (χ1) is 20.6. The molecule has 0 heterocycles. The van der Waals surface area contributed by atoms with E-state index >= 15 is 0 Å². The van der Waals surface area contributed by atoms with Crippen molar-refractivity contribution >= 4 is 23.9 Å². The highest BCUT2D eigenvalue weighted by molar-refractivity contribution is 5.94. The Kier molecular flexibility index (Phi) is 12.7. The van der Waals surface area contributed by atoms with Gasteiger partial charge in [-0.05, 0) is 58.7 Å². The van der Waals surface area contributed by atoms with Crippen LogP contribution < -0.4 is 10.6 Å². The zero-order chi connectivity index (χ0) is 33.1. The Bertz CT molecular complexity index is 1350. The van der Waals surface area contributed by atoms with Gasteiger partial charge in [0.15, 0.2) is 0 Å². The molecular weight excluding hydrogens is 562 g/mol. The number of hydrogen-bond acceptors (Lipinski definition) is 7. The lowest BCUT2D eigenvalue weighted by molar-refractivity contribution is -0.159. The number of aliphatic hydroxyl groups excluding tert-OH is 1. The summed E-state index contributed by atoms with van der Waals surface area (Å²) in [5.74, 6) is 0.338. The Morgan fingerprint density at radius 3 is 2.07 bits per heavy atom. The van der Waals surface area contributed by atoms with Crippen molar-refractivity contribution in [3.8, 4) is 12.3 Å². The topological polar surface area (TPSA) is 134 Å². The molecule has 0 aliphatic carbocycles. The number of nitrogens with zero attached hydrogens (tertiary/aromatic N) is 1. The van der Waals surface area contributed by atoms with E-state index in [0.29, 0.717) is 11.1 Å². The first kappa shape index (κ1) is 35.6. The fraction of sp³-hybridized carbons (Fsp3) is 0.412. The fourth-order valence-corrected chi connectivity index (χ4v) is 4.28. The molecule has 0 radical (unpaired) electrons. The Morgan fingerprint density at radius 1 is 0.932 bits per heavy atom. The van der Waals surface area contributed by atoms with Gasteiger partial charge in [-0.25, -0.2) is 9.59 Å². The number of nitrogens with one attached hydrogen (secondary N) is 2. The van der Waals surface area contributed by atoms with Gasteiger partial charge in [-0.3, -0.25) is 9.59 Å². The molecule has 0 aliphatic heterocycles. The van der Waals surface area contributed by atoms with Gasteiger partial charge in [0.2, 0.25) is 11.8 Å². The van der Waals surface area contributed by atoms with E-state index in [1.54, 1.807) is 65.8 Å². The number of carbonyl (C=O) groups is 4. The molecule has 3 unspecified atom stereocenters. The number of rotatable bonds is 12. The third-order valence-electron chi connectivity index (χ3n) is 6.04. The number of esters is 1. The molecule has 10 nitrogen and oxygen atoms in total. The molecule has 2 aromatic rings. The van der Waals surface area contributed by atoms with E-state index < -0.39 is 59.8 Å². The summed E-state index contributed by atoms with van der Waals surface area (Å²) >= 11 is 0. The van der Waals surface area contributed by atoms with Crippen LogP contribution in [0.2, 0.25) is 0 Å². The molecule has 2 aromatic carbocycles. The van der Waals surface area contributed by atoms with Crippen molar-refractivity contribution in [2.45, 2.75) is 77.3 Å². The first-order valence-corrected chi connectivity index (χ1v) is 14.2. The zero-order valence-electron chi connectivity index (χ0n) is 26.3. The number of amides is 3. The molecule has 0 bridgehead atoms. The van der Waals surface area contributed by atoms with Gasteiger partial charge in [0.1, 0.15) is 29.3 Å². The second-order valence-corrected chi connectivity index (χ2v) is 12.1. The quantitative estimate of drug-likeness (QED) is 0.191. The summed E-state index contributed by atoms with van der Waals surface area (Å²) in [6.45, 7) is 12.9. The Labute approximate surface area is 259 Å². The van der Waals surface area contributed by atoms with Crippen LogP contribution in [0.25, 0.3) is 0 Å². The molecular formula is C34H43N3O7. The van der Waals surface area contributed by atoms with Crippen LogP contribution in [0.5, 0.6) is 0 Å². The number of carbonyl (C=O) groups excluding carboxylic acids is 4. The van der Waals surface area contributed by atoms with E-state index in [-0.39, 0.29) is 13.0 Å². The maximum Gasteiger partial charge on any atom is 0.408 e. The number of alkyl carbamates (subject to hydrolysis) is 1. The van der Waals surface area contributed by atoms with E-state index in [1.165, 1.54) is 6.08 Å². The van der Waals surface area contributed by atoms with Gasteiger partial charge in [0.25, 0.3) is 0 Å². The summed E-state index contributed by atoms with van der Waals surface area (Å²) in [5, 5.41) is 15.3. The summed E-state index contributed by atoms with van der Waals surface area (Å²) in [6.07, 6.45) is 6.36. The molecule has 3 N–H and O–H groups in total. The normalized spacial score (nSPS) is 13.3. The Balaban J connectivity index is 2.59. The molecule has 0 saturated carbocycles. The van der Waals surface area contributed by atoms with Crippen molar-refractivity contribution in [3.05, 3.63) is 83.9 Å². The summed E-state index contributed by atoms with van der Waals surface area (Å²) in [4.78, 5) is 55.1. The van der Waals surface area contributed by atoms with Gasteiger partial charge in [0, 0.05) is 18.5 Å². The number of hydrogen-bond donors (Lipinski definition) is 3. The van der Waals surface area contributed by atoms with Crippen molar-refractivity contribution in [2.75, 3.05) is 13.2 Å². The third-order valence-corrected chi connectivity index (χ3v) is 6.04. The monoisotopic (exact) mass is 605 g/mol. The summed E-state index contributed by atoms with van der Waals surface area (Å²) in [7, 11) is 0. The average Bonchev–Trinajstić information content (AvgIpc) is 2.94. The van der Waals surface area contributed by atoms with Crippen LogP contribution in [-0.4, -0.2) is 70.3 Å². The van der Waals surface area contributed by atoms with Gasteiger partial charge in [0.05, 0.1) is 6.61 Å². The minimum atomic E-state index is -1.47. The van der Waals surface area contributed by atoms with Gasteiger partial charge < -0.3 is 30.1 Å². The maximum absolute atomic E-state index is 14.2. The van der Waals surface area contributed by atoms with Crippen molar-refractivity contribution in [1.82, 2.24) is 15.5 Å². The zero-order valence-corrected chi connectivity index (χ0v) is 26.3. The van der Waals surface area contributed by atoms with Gasteiger partial charge in [-0.1, -0.05) is 60.5 Å². The minimum Gasteiger partial charge on any atom is -0.458 e. The number of benzene rings is 2. The average molecular weight is 606 g/mol.